The smallest absolute Gasteiger partial charge is 0.411 e. The molecule has 244 valence electrons. The van der Waals surface area contributed by atoms with Gasteiger partial charge in [0, 0.05) is 11.5 Å². The summed E-state index contributed by atoms with van der Waals surface area (Å²) in [5.41, 5.74) is -1.09. The molecule has 0 aliphatic carbocycles. The molecule has 0 aliphatic heterocycles. The lowest BCUT2D eigenvalue weighted by Crippen LogP contribution is -2.63. The van der Waals surface area contributed by atoms with Crippen LogP contribution in [0.25, 0.3) is 0 Å². The van der Waals surface area contributed by atoms with Gasteiger partial charge in [-0.15, -0.1) is 0 Å². The van der Waals surface area contributed by atoms with E-state index in [4.69, 9.17) is 18.9 Å². The van der Waals surface area contributed by atoms with E-state index >= 15 is 0 Å². The molecule has 12 nitrogen and oxygen atoms in total. The van der Waals surface area contributed by atoms with Crippen molar-refractivity contribution in [3.63, 3.8) is 0 Å². The van der Waals surface area contributed by atoms with Gasteiger partial charge in [-0.1, -0.05) is 119 Å². The molecule has 12 heteroatoms. The Morgan fingerprint density at radius 3 is 1.65 bits per heavy atom. The van der Waals surface area contributed by atoms with Crippen molar-refractivity contribution in [2.24, 2.45) is 11.8 Å². The van der Waals surface area contributed by atoms with Crippen LogP contribution in [0.1, 0.15) is 50.5 Å². The highest BCUT2D eigenvalue weighted by molar-refractivity contribution is 5.91. The van der Waals surface area contributed by atoms with Gasteiger partial charge in [0.05, 0.1) is 0 Å². The normalized spacial score (nSPS) is 13.4. The molecule has 3 atom stereocenters. The standard InChI is InChI=1S/C34H38N2O10/c1-22(2)27(35-32(41)43-20-24-14-8-5-9-15-24)30(39)46-34(23(3)4,36-33(42)44-21-25-16-10-6-11-17-25)31(40)45-28(29(37)38)26-18-12-7-13-19-26/h5-19,22-23,27-28H,20-21H2,1-4H3,(H,35,41)(H,36,42)(H,37,38)/t27-,28?,34+/m0/s1. The number of carboxylic acids is 1. The molecule has 0 aromatic heterocycles. The molecule has 0 heterocycles. The van der Waals surface area contributed by atoms with E-state index in [0.717, 1.165) is 0 Å². The molecule has 3 aromatic carbocycles. The average Bonchev–Trinajstić information content (AvgIpc) is 3.04. The zero-order valence-electron chi connectivity index (χ0n) is 26.0. The largest absolute Gasteiger partial charge is 0.478 e. The summed E-state index contributed by atoms with van der Waals surface area (Å²) in [6, 6.07) is 23.9. The zero-order valence-corrected chi connectivity index (χ0v) is 26.0. The van der Waals surface area contributed by atoms with Gasteiger partial charge in [0.15, 0.2) is 0 Å². The van der Waals surface area contributed by atoms with E-state index in [1.807, 2.05) is 6.07 Å². The first-order valence-electron chi connectivity index (χ1n) is 14.6. The van der Waals surface area contributed by atoms with Gasteiger partial charge in [0.2, 0.25) is 6.10 Å². The fourth-order valence-corrected chi connectivity index (χ4v) is 4.22. The third-order valence-corrected chi connectivity index (χ3v) is 6.84. The Morgan fingerprint density at radius 2 is 1.20 bits per heavy atom. The first-order chi connectivity index (χ1) is 21.9. The predicted molar refractivity (Wildman–Crippen MR) is 165 cm³/mol. The van der Waals surface area contributed by atoms with Crippen molar-refractivity contribution in [2.45, 2.75) is 58.8 Å². The molecular formula is C34H38N2O10. The van der Waals surface area contributed by atoms with E-state index in [-0.39, 0.29) is 18.8 Å². The van der Waals surface area contributed by atoms with Gasteiger partial charge in [-0.05, 0) is 17.0 Å². The monoisotopic (exact) mass is 634 g/mol. The van der Waals surface area contributed by atoms with Crippen molar-refractivity contribution in [3.8, 4) is 0 Å². The molecule has 1 unspecified atom stereocenters. The van der Waals surface area contributed by atoms with Crippen LogP contribution < -0.4 is 10.6 Å². The fourth-order valence-electron chi connectivity index (χ4n) is 4.22. The molecule has 46 heavy (non-hydrogen) atoms. The van der Waals surface area contributed by atoms with Gasteiger partial charge in [0.25, 0.3) is 5.72 Å². The molecule has 0 aliphatic rings. The zero-order chi connectivity index (χ0) is 33.7. The highest BCUT2D eigenvalue weighted by atomic mass is 16.6. The quantitative estimate of drug-likeness (QED) is 0.123. The van der Waals surface area contributed by atoms with Crippen molar-refractivity contribution < 1.29 is 48.0 Å². The number of amides is 2. The van der Waals surface area contributed by atoms with Crippen molar-refractivity contribution in [1.82, 2.24) is 10.6 Å². The molecular weight excluding hydrogens is 596 g/mol. The van der Waals surface area contributed by atoms with Crippen molar-refractivity contribution >= 4 is 30.1 Å². The van der Waals surface area contributed by atoms with Crippen LogP contribution in [0, 0.1) is 11.8 Å². The van der Waals surface area contributed by atoms with E-state index in [1.54, 1.807) is 86.6 Å². The Hall–Kier alpha value is -5.39. The molecule has 3 rings (SSSR count). The molecule has 0 saturated carbocycles. The number of hydrogen-bond donors (Lipinski definition) is 3. The lowest BCUT2D eigenvalue weighted by Gasteiger charge is -2.36. The minimum Gasteiger partial charge on any atom is -0.478 e. The number of aliphatic carboxylic acids is 1. The number of ether oxygens (including phenoxy) is 4. The second-order valence-electron chi connectivity index (χ2n) is 11.0. The Balaban J connectivity index is 1.88. The Labute approximate surface area is 267 Å². The first-order valence-corrected chi connectivity index (χ1v) is 14.6. The Bertz CT molecular complexity index is 1470. The summed E-state index contributed by atoms with van der Waals surface area (Å²) in [6.45, 7) is 5.90. The number of carboxylic acid groups (broad SMARTS) is 1. The maximum absolute atomic E-state index is 13.9. The average molecular weight is 635 g/mol. The summed E-state index contributed by atoms with van der Waals surface area (Å²) < 4.78 is 21.6. The SMILES string of the molecule is CC(C)[C@H](NC(=O)OCc1ccccc1)C(=O)O[C@@](NC(=O)OCc1ccccc1)(C(=O)OC(C(=O)O)c1ccccc1)C(C)C. The molecule has 0 spiro atoms. The number of hydrogen-bond acceptors (Lipinski definition) is 9. The van der Waals surface area contributed by atoms with Gasteiger partial charge in [0.1, 0.15) is 19.3 Å². The van der Waals surface area contributed by atoms with Gasteiger partial charge in [-0.25, -0.2) is 24.0 Å². The van der Waals surface area contributed by atoms with Gasteiger partial charge in [-0.3, -0.25) is 5.32 Å². The molecule has 0 bridgehead atoms. The first kappa shape index (κ1) is 35.1. The lowest BCUT2D eigenvalue weighted by molar-refractivity contribution is -0.201. The van der Waals surface area contributed by atoms with Crippen LogP contribution in [0.2, 0.25) is 0 Å². The molecule has 2 amide bonds. The van der Waals surface area contributed by atoms with Crippen LogP contribution in [-0.2, 0) is 46.5 Å². The van der Waals surface area contributed by atoms with Crippen LogP contribution in [0.4, 0.5) is 9.59 Å². The van der Waals surface area contributed by atoms with Gasteiger partial charge in [-0.2, -0.15) is 0 Å². The van der Waals surface area contributed by atoms with Crippen molar-refractivity contribution in [1.29, 1.82) is 0 Å². The number of carbonyl (C=O) groups excluding carboxylic acids is 4. The lowest BCUT2D eigenvalue weighted by atomic mass is 9.98. The molecule has 0 fully saturated rings. The van der Waals surface area contributed by atoms with E-state index in [9.17, 15) is 29.1 Å². The Kier molecular flexibility index (Phi) is 12.7. The molecule has 3 aromatic rings. The predicted octanol–water partition coefficient (Wildman–Crippen LogP) is 5.13. The minimum absolute atomic E-state index is 0.0698. The summed E-state index contributed by atoms with van der Waals surface area (Å²) in [5, 5.41) is 14.6. The van der Waals surface area contributed by atoms with Crippen LogP contribution >= 0.6 is 0 Å². The van der Waals surface area contributed by atoms with Crippen LogP contribution in [0.3, 0.4) is 0 Å². The third kappa shape index (κ3) is 9.81. The summed E-state index contributed by atoms with van der Waals surface area (Å²) in [4.78, 5) is 65.4. The fraction of sp³-hybridized carbons (Fsp3) is 0.324. The van der Waals surface area contributed by atoms with Crippen molar-refractivity contribution in [2.75, 3.05) is 0 Å². The van der Waals surface area contributed by atoms with E-state index < -0.39 is 59.8 Å². The van der Waals surface area contributed by atoms with E-state index in [1.165, 1.54) is 26.0 Å². The van der Waals surface area contributed by atoms with Crippen LogP contribution in [0.15, 0.2) is 91.0 Å². The van der Waals surface area contributed by atoms with Crippen LogP contribution in [0.5, 0.6) is 0 Å². The van der Waals surface area contributed by atoms with E-state index in [0.29, 0.717) is 11.1 Å². The summed E-state index contributed by atoms with van der Waals surface area (Å²) in [5.74, 6) is -5.58. The second-order valence-corrected chi connectivity index (χ2v) is 11.0. The van der Waals surface area contributed by atoms with Crippen LogP contribution in [-0.4, -0.2) is 47.0 Å². The van der Waals surface area contributed by atoms with Gasteiger partial charge < -0.3 is 29.4 Å². The molecule has 0 radical (unpaired) electrons. The second kappa shape index (κ2) is 16.6. The number of carbonyl (C=O) groups is 5. The topological polar surface area (TPSA) is 167 Å². The Morgan fingerprint density at radius 1 is 0.717 bits per heavy atom. The number of rotatable bonds is 14. The maximum Gasteiger partial charge on any atom is 0.411 e. The minimum atomic E-state index is -2.57. The van der Waals surface area contributed by atoms with Crippen molar-refractivity contribution in [3.05, 3.63) is 108 Å². The highest BCUT2D eigenvalue weighted by Gasteiger charge is 2.52. The highest BCUT2D eigenvalue weighted by Crippen LogP contribution is 2.28. The summed E-state index contributed by atoms with van der Waals surface area (Å²) in [6.07, 6.45) is -3.88. The molecule has 0 saturated heterocycles. The number of nitrogens with one attached hydrogen (secondary N) is 2. The molecule has 3 N–H and O–H groups in total. The maximum atomic E-state index is 13.9. The van der Waals surface area contributed by atoms with E-state index in [2.05, 4.69) is 10.6 Å². The number of alkyl carbamates (subject to hydrolysis) is 2. The summed E-state index contributed by atoms with van der Waals surface area (Å²) in [7, 11) is 0. The van der Waals surface area contributed by atoms with Gasteiger partial charge >= 0.3 is 30.1 Å². The number of benzene rings is 3. The third-order valence-electron chi connectivity index (χ3n) is 6.84. The summed E-state index contributed by atoms with van der Waals surface area (Å²) >= 11 is 0. The number of esters is 2.